The number of hydrogen-bond acceptors (Lipinski definition) is 3. The van der Waals surface area contributed by atoms with Crippen molar-refractivity contribution in [2.45, 2.75) is 0 Å². The Hall–Kier alpha value is -2.14. The number of aliphatic carboxylic acids is 1. The van der Waals surface area contributed by atoms with Gasteiger partial charge in [0.05, 0.1) is 0 Å². The number of ketones is 1. The van der Waals surface area contributed by atoms with Crippen LogP contribution in [-0.2, 0) is 4.79 Å². The second-order valence-electron chi connectivity index (χ2n) is 4.09. The highest BCUT2D eigenvalue weighted by Gasteiger charge is 2.16. The molecule has 3 rings (SSSR count). The molecule has 0 fully saturated rings. The SMILES string of the molecule is O=C(O)C(=O)c1ccc2oc3ccc(Br)cc3c2c1. The fourth-order valence-electron chi connectivity index (χ4n) is 2.01. The van der Waals surface area contributed by atoms with Crippen molar-refractivity contribution in [1.29, 1.82) is 0 Å². The van der Waals surface area contributed by atoms with Crippen molar-refractivity contribution in [3.63, 3.8) is 0 Å². The first-order valence-corrected chi connectivity index (χ1v) is 6.25. The highest BCUT2D eigenvalue weighted by atomic mass is 79.9. The number of Topliss-reactive ketones (excluding diaryl/α,β-unsaturated/α-hetero) is 1. The summed E-state index contributed by atoms with van der Waals surface area (Å²) in [6.45, 7) is 0. The smallest absolute Gasteiger partial charge is 0.377 e. The largest absolute Gasteiger partial charge is 0.475 e. The zero-order valence-corrected chi connectivity index (χ0v) is 11.1. The van der Waals surface area contributed by atoms with Gasteiger partial charge in [0.2, 0.25) is 0 Å². The molecule has 1 N–H and O–H groups in total. The Labute approximate surface area is 115 Å². The minimum atomic E-state index is -1.46. The molecule has 0 aliphatic rings. The van der Waals surface area contributed by atoms with Crippen LogP contribution in [0.25, 0.3) is 21.9 Å². The van der Waals surface area contributed by atoms with E-state index in [1.54, 1.807) is 12.1 Å². The summed E-state index contributed by atoms with van der Waals surface area (Å²) in [7, 11) is 0. The van der Waals surface area contributed by atoms with Gasteiger partial charge < -0.3 is 9.52 Å². The summed E-state index contributed by atoms with van der Waals surface area (Å²) < 4.78 is 6.51. The normalized spacial score (nSPS) is 11.0. The van der Waals surface area contributed by atoms with Gasteiger partial charge in [0.1, 0.15) is 11.2 Å². The monoisotopic (exact) mass is 318 g/mol. The van der Waals surface area contributed by atoms with Crippen molar-refractivity contribution >= 4 is 49.6 Å². The average molecular weight is 319 g/mol. The van der Waals surface area contributed by atoms with Crippen LogP contribution in [-0.4, -0.2) is 16.9 Å². The van der Waals surface area contributed by atoms with Gasteiger partial charge in [0.25, 0.3) is 5.78 Å². The summed E-state index contributed by atoms with van der Waals surface area (Å²) in [4.78, 5) is 22.2. The van der Waals surface area contributed by atoms with E-state index in [1.807, 2.05) is 18.2 Å². The molecule has 1 aromatic heterocycles. The van der Waals surface area contributed by atoms with E-state index in [4.69, 9.17) is 9.52 Å². The number of carbonyl (C=O) groups is 2. The molecule has 19 heavy (non-hydrogen) atoms. The summed E-state index contributed by atoms with van der Waals surface area (Å²) in [6.07, 6.45) is 0. The van der Waals surface area contributed by atoms with Crippen molar-refractivity contribution in [3.8, 4) is 0 Å². The molecule has 2 aromatic carbocycles. The van der Waals surface area contributed by atoms with Crippen LogP contribution in [0.15, 0.2) is 45.3 Å². The van der Waals surface area contributed by atoms with Crippen LogP contribution in [0.4, 0.5) is 0 Å². The summed E-state index contributed by atoms with van der Waals surface area (Å²) in [5.41, 5.74) is 1.45. The Morgan fingerprint density at radius 2 is 1.63 bits per heavy atom. The molecule has 0 spiro atoms. The second kappa shape index (κ2) is 4.20. The number of hydrogen-bond donors (Lipinski definition) is 1. The third kappa shape index (κ3) is 1.92. The van der Waals surface area contributed by atoms with E-state index in [0.717, 1.165) is 15.2 Å². The van der Waals surface area contributed by atoms with Crippen molar-refractivity contribution in [2.24, 2.45) is 0 Å². The first-order chi connectivity index (χ1) is 9.06. The molecule has 5 heteroatoms. The molecule has 0 saturated carbocycles. The number of rotatable bonds is 2. The van der Waals surface area contributed by atoms with E-state index in [9.17, 15) is 9.59 Å². The van der Waals surface area contributed by atoms with Crippen molar-refractivity contribution < 1.29 is 19.1 Å². The topological polar surface area (TPSA) is 67.5 Å². The quantitative estimate of drug-likeness (QED) is 0.579. The van der Waals surface area contributed by atoms with Gasteiger partial charge in [-0.3, -0.25) is 4.79 Å². The van der Waals surface area contributed by atoms with Gasteiger partial charge in [-0.05, 0) is 36.4 Å². The number of benzene rings is 2. The fourth-order valence-corrected chi connectivity index (χ4v) is 2.38. The number of fused-ring (bicyclic) bond motifs is 3. The summed E-state index contributed by atoms with van der Waals surface area (Å²) in [5, 5.41) is 10.3. The molecule has 4 nitrogen and oxygen atoms in total. The lowest BCUT2D eigenvalue weighted by molar-refractivity contribution is -0.131. The van der Waals surface area contributed by atoms with Crippen molar-refractivity contribution in [1.82, 2.24) is 0 Å². The molecule has 0 aliphatic heterocycles. The summed E-state index contributed by atoms with van der Waals surface area (Å²) in [6, 6.07) is 10.2. The van der Waals surface area contributed by atoms with Crippen LogP contribution < -0.4 is 0 Å². The first-order valence-electron chi connectivity index (χ1n) is 5.46. The van der Waals surface area contributed by atoms with E-state index in [-0.39, 0.29) is 5.56 Å². The number of carboxylic acid groups (broad SMARTS) is 1. The van der Waals surface area contributed by atoms with Crippen LogP contribution in [0.3, 0.4) is 0 Å². The third-order valence-corrected chi connectivity index (χ3v) is 3.38. The van der Waals surface area contributed by atoms with Gasteiger partial charge in [-0.15, -0.1) is 0 Å². The molecule has 1 heterocycles. The van der Waals surface area contributed by atoms with Gasteiger partial charge in [0.15, 0.2) is 0 Å². The molecule has 0 bridgehead atoms. The van der Waals surface area contributed by atoms with Crippen molar-refractivity contribution in [2.75, 3.05) is 0 Å². The predicted molar refractivity (Wildman–Crippen MR) is 73.4 cm³/mol. The Bertz CT molecular complexity index is 832. The average Bonchev–Trinajstić information content (AvgIpc) is 2.75. The van der Waals surface area contributed by atoms with Crippen LogP contribution in [0.5, 0.6) is 0 Å². The number of carboxylic acids is 1. The predicted octanol–water partition coefficient (Wildman–Crippen LogP) is 3.62. The van der Waals surface area contributed by atoms with E-state index < -0.39 is 11.8 Å². The van der Waals surface area contributed by atoms with Gasteiger partial charge in [-0.1, -0.05) is 15.9 Å². The Kier molecular flexibility index (Phi) is 2.64. The van der Waals surface area contributed by atoms with Crippen LogP contribution >= 0.6 is 15.9 Å². The van der Waals surface area contributed by atoms with E-state index in [0.29, 0.717) is 11.2 Å². The lowest BCUT2D eigenvalue weighted by atomic mass is 10.1. The maximum absolute atomic E-state index is 11.5. The van der Waals surface area contributed by atoms with E-state index in [1.165, 1.54) is 6.07 Å². The van der Waals surface area contributed by atoms with Crippen LogP contribution in [0.1, 0.15) is 10.4 Å². The maximum atomic E-state index is 11.5. The standard InChI is InChI=1S/C14H7BrO4/c15-8-2-4-12-10(6-8)9-5-7(13(16)14(17)18)1-3-11(9)19-12/h1-6H,(H,17,18). The third-order valence-electron chi connectivity index (χ3n) is 2.89. The molecule has 0 amide bonds. The van der Waals surface area contributed by atoms with Crippen molar-refractivity contribution in [3.05, 3.63) is 46.4 Å². The first kappa shape index (κ1) is 11.9. The highest BCUT2D eigenvalue weighted by molar-refractivity contribution is 9.10. The minimum Gasteiger partial charge on any atom is -0.475 e. The Morgan fingerprint density at radius 1 is 1.00 bits per heavy atom. The molecule has 0 aliphatic carbocycles. The zero-order chi connectivity index (χ0) is 13.6. The second-order valence-corrected chi connectivity index (χ2v) is 5.00. The lowest BCUT2D eigenvalue weighted by Crippen LogP contribution is -2.12. The van der Waals surface area contributed by atoms with Gasteiger partial charge in [-0.25, -0.2) is 4.79 Å². The van der Waals surface area contributed by atoms with E-state index >= 15 is 0 Å². The summed E-state index contributed by atoms with van der Waals surface area (Å²) >= 11 is 3.37. The molecular weight excluding hydrogens is 312 g/mol. The molecule has 0 atom stereocenters. The fraction of sp³-hybridized carbons (Fsp3) is 0. The molecule has 3 aromatic rings. The van der Waals surface area contributed by atoms with Crippen LogP contribution in [0, 0.1) is 0 Å². The minimum absolute atomic E-state index is 0.141. The maximum Gasteiger partial charge on any atom is 0.377 e. The number of halogens is 1. The number of furan rings is 1. The van der Waals surface area contributed by atoms with E-state index in [2.05, 4.69) is 15.9 Å². The van der Waals surface area contributed by atoms with Gasteiger partial charge in [0, 0.05) is 20.8 Å². The lowest BCUT2D eigenvalue weighted by Gasteiger charge is -1.96. The Balaban J connectivity index is 2.32. The molecule has 0 unspecified atom stereocenters. The molecule has 94 valence electrons. The summed E-state index contributed by atoms with van der Waals surface area (Å²) in [5.74, 6) is -2.39. The molecule has 0 radical (unpaired) electrons. The molecular formula is C14H7BrO4. The van der Waals surface area contributed by atoms with Gasteiger partial charge >= 0.3 is 5.97 Å². The number of carbonyl (C=O) groups excluding carboxylic acids is 1. The van der Waals surface area contributed by atoms with Gasteiger partial charge in [-0.2, -0.15) is 0 Å². The molecule has 0 saturated heterocycles. The zero-order valence-electron chi connectivity index (χ0n) is 9.51. The van der Waals surface area contributed by atoms with Crippen LogP contribution in [0.2, 0.25) is 0 Å². The Morgan fingerprint density at radius 3 is 2.32 bits per heavy atom. The highest BCUT2D eigenvalue weighted by Crippen LogP contribution is 2.31.